The topological polar surface area (TPSA) is 291 Å². The summed E-state index contributed by atoms with van der Waals surface area (Å²) in [6.45, 7) is 31.3. The van der Waals surface area contributed by atoms with Gasteiger partial charge in [0, 0.05) is 54.2 Å². The van der Waals surface area contributed by atoms with Crippen molar-refractivity contribution >= 4 is 65.0 Å². The van der Waals surface area contributed by atoms with E-state index in [2.05, 4.69) is 26.6 Å². The summed E-state index contributed by atoms with van der Waals surface area (Å²) in [5, 5.41) is 26.6. The first kappa shape index (κ1) is 78.8. The first-order chi connectivity index (χ1) is 40.1. The zero-order chi connectivity index (χ0) is 67.6. The van der Waals surface area contributed by atoms with Crippen molar-refractivity contribution in [2.75, 3.05) is 55.9 Å². The molecule has 1 aliphatic rings. The van der Waals surface area contributed by atoms with Crippen LogP contribution in [0.2, 0.25) is 0 Å². The van der Waals surface area contributed by atoms with E-state index in [1.54, 1.807) is 55.5 Å². The van der Waals surface area contributed by atoms with Gasteiger partial charge in [-0.1, -0.05) is 109 Å². The highest BCUT2D eigenvalue weighted by Gasteiger charge is 2.47. The number of rotatable bonds is 16. The second-order valence-corrected chi connectivity index (χ2v) is 26.9. The van der Waals surface area contributed by atoms with E-state index in [9.17, 15) is 53.2 Å². The number of allylic oxidation sites excluding steroid dienone is 2. The molecule has 1 saturated heterocycles. The maximum Gasteiger partial charge on any atom is 0.269 e. The van der Waals surface area contributed by atoms with Gasteiger partial charge in [-0.25, -0.2) is 5.06 Å². The van der Waals surface area contributed by atoms with Crippen LogP contribution in [0.1, 0.15) is 163 Å². The molecule has 0 radical (unpaired) electrons. The van der Waals surface area contributed by atoms with Gasteiger partial charge in [0.15, 0.2) is 0 Å². The number of hydroxylamine groups is 2. The lowest BCUT2D eigenvalue weighted by molar-refractivity contribution is -0.189. The van der Waals surface area contributed by atoms with Gasteiger partial charge >= 0.3 is 0 Å². The van der Waals surface area contributed by atoms with Crippen LogP contribution in [0, 0.1) is 40.9 Å². The molecular formula is C63H114N12O12. The summed E-state index contributed by atoms with van der Waals surface area (Å²) in [5.74, 6) is -9.91. The van der Waals surface area contributed by atoms with Crippen LogP contribution >= 0.6 is 0 Å². The molecule has 0 aliphatic carbocycles. The summed E-state index contributed by atoms with van der Waals surface area (Å²) in [4.78, 5) is 169. The van der Waals surface area contributed by atoms with E-state index in [4.69, 9.17) is 0 Å². The normalized spacial score (nSPS) is 27.2. The molecule has 24 nitrogen and oxygen atoms in total. The van der Waals surface area contributed by atoms with Gasteiger partial charge < -0.3 is 56.0 Å². The maximum absolute atomic E-state index is 15.1. The number of hydrogen-bond donors (Lipinski definition) is 6. The average molecular weight is 1230 g/mol. The average Bonchev–Trinajstić information content (AvgIpc) is 1.21. The van der Waals surface area contributed by atoms with Gasteiger partial charge in [0.05, 0.1) is 0 Å². The minimum absolute atomic E-state index is 0.00917. The quantitative estimate of drug-likeness (QED) is 0.0952. The molecule has 0 unspecified atom stereocenters. The predicted octanol–water partition coefficient (Wildman–Crippen LogP) is 3.65. The Morgan fingerprint density at radius 2 is 0.966 bits per heavy atom. The molecule has 12 atom stereocenters. The monoisotopic (exact) mass is 1230 g/mol. The van der Waals surface area contributed by atoms with Crippen molar-refractivity contribution in [1.29, 1.82) is 0 Å². The summed E-state index contributed by atoms with van der Waals surface area (Å²) >= 11 is 0. The lowest BCUT2D eigenvalue weighted by Gasteiger charge is -2.42. The lowest BCUT2D eigenvalue weighted by atomic mass is 9.82. The SMILES string of the molecule is C/C=C/C[C@@H](C)C[C@H]1C(=O)N[C@@H](CC)C(=O)N(C)[C@H](C)C(=O)N(C)[C@@H](C(C)(C)CNC)C(=O)N[C@@H](C(C)C)C(=O)N(C)[C@@H](CC(C)C)C(=O)N[C@@H](C)C(=O)N[C@H](C)C(=O)N(C)[C@@H](CC(C)C)C(=O)N(C)[C@@H](CC(C)C)C(=O)N(C)[C@@H](C(C)C)C(=O)N1O. The number of amides is 11. The highest BCUT2D eigenvalue weighted by molar-refractivity contribution is 6.00. The number of hydrogen-bond acceptors (Lipinski definition) is 13. The Labute approximate surface area is 520 Å². The van der Waals surface area contributed by atoms with Crippen molar-refractivity contribution in [3.8, 4) is 0 Å². The number of nitrogens with zero attached hydrogens (tertiary/aromatic N) is 7. The van der Waals surface area contributed by atoms with Gasteiger partial charge in [-0.3, -0.25) is 57.9 Å². The standard InChI is InChI=1S/C63H114N12O12/c1-26-28-29-40(13)33-46-54(78)67-44(27-2)58(82)69(20)43(16)57(81)74(25)51(63(17,18)34-64-19)55(79)68-49(38(9)10)61(85)70(21)45(30-35(3)4)53(77)65-41(14)52(76)66-42(15)56(80)71(22)47(31-36(5)6)59(83)72(23)48(32-37(7)8)60(84)73(24)50(39(11)12)62(86)75(46)87/h26,28,35-51,64,87H,27,29-34H2,1-25H3,(H,65,77)(H,66,76)(H,67,78)(H,68,79)/b28-26+/t40-,41+,42-,43-,44+,45+,46+,47+,48+,49+,50+,51-/m1/s1. The Balaban J connectivity index is 4.40. The fourth-order valence-electron chi connectivity index (χ4n) is 11.3. The maximum atomic E-state index is 15.1. The van der Waals surface area contributed by atoms with Crippen LogP contribution in [0.3, 0.4) is 0 Å². The summed E-state index contributed by atoms with van der Waals surface area (Å²) in [6.07, 6.45) is 4.49. The molecule has 11 amide bonds. The van der Waals surface area contributed by atoms with E-state index < -0.39 is 149 Å². The largest absolute Gasteiger partial charge is 0.343 e. The number of carbonyl (C=O) groups excluding carboxylic acids is 11. The molecule has 1 aliphatic heterocycles. The highest BCUT2D eigenvalue weighted by atomic mass is 16.5. The van der Waals surface area contributed by atoms with Crippen molar-refractivity contribution in [2.24, 2.45) is 40.9 Å². The number of nitrogens with one attached hydrogen (secondary N) is 5. The Morgan fingerprint density at radius 1 is 0.506 bits per heavy atom. The van der Waals surface area contributed by atoms with Crippen LogP contribution in [0.25, 0.3) is 0 Å². The third-order valence-corrected chi connectivity index (χ3v) is 16.7. The Kier molecular flexibility index (Phi) is 31.8. The molecular weight excluding hydrogens is 1120 g/mol. The molecule has 24 heteroatoms. The summed E-state index contributed by atoms with van der Waals surface area (Å²) in [7, 11) is 10.2. The van der Waals surface area contributed by atoms with E-state index in [0.717, 1.165) is 4.90 Å². The van der Waals surface area contributed by atoms with Gasteiger partial charge in [-0.15, -0.1) is 0 Å². The smallest absolute Gasteiger partial charge is 0.269 e. The first-order valence-electron chi connectivity index (χ1n) is 31.2. The third kappa shape index (κ3) is 21.5. The van der Waals surface area contributed by atoms with Crippen LogP contribution in [0.5, 0.6) is 0 Å². The molecule has 6 N–H and O–H groups in total. The predicted molar refractivity (Wildman–Crippen MR) is 336 cm³/mol. The number of likely N-dealkylation sites (N-methyl/N-ethyl adjacent to an activating group) is 6. The summed E-state index contributed by atoms with van der Waals surface area (Å²) < 4.78 is 0. The second kappa shape index (κ2) is 35.1. The molecule has 1 fully saturated rings. The zero-order valence-corrected chi connectivity index (χ0v) is 57.5. The Bertz CT molecular complexity index is 2400. The molecule has 1 heterocycles. The van der Waals surface area contributed by atoms with E-state index in [0.29, 0.717) is 11.5 Å². The molecule has 0 bridgehead atoms. The van der Waals surface area contributed by atoms with Crippen molar-refractivity contribution in [3.63, 3.8) is 0 Å². The van der Waals surface area contributed by atoms with Crippen LogP contribution < -0.4 is 26.6 Å². The van der Waals surface area contributed by atoms with Crippen LogP contribution in [0.4, 0.5) is 0 Å². The van der Waals surface area contributed by atoms with Crippen molar-refractivity contribution in [2.45, 2.75) is 230 Å². The molecule has 0 saturated carbocycles. The van der Waals surface area contributed by atoms with Gasteiger partial charge in [-0.05, 0) is 109 Å². The van der Waals surface area contributed by atoms with E-state index >= 15 is 4.79 Å². The fourth-order valence-corrected chi connectivity index (χ4v) is 11.3. The van der Waals surface area contributed by atoms with Gasteiger partial charge in [0.1, 0.15) is 66.5 Å². The number of carbonyl (C=O) groups is 11. The van der Waals surface area contributed by atoms with Gasteiger partial charge in [0.25, 0.3) is 5.91 Å². The Hall–Kier alpha value is -6.17. The molecule has 87 heavy (non-hydrogen) atoms. The second-order valence-electron chi connectivity index (χ2n) is 26.9. The first-order valence-corrected chi connectivity index (χ1v) is 31.2. The van der Waals surface area contributed by atoms with Crippen LogP contribution in [0.15, 0.2) is 12.2 Å². The van der Waals surface area contributed by atoms with E-state index in [1.165, 1.54) is 87.6 Å². The molecule has 1 rings (SSSR count). The van der Waals surface area contributed by atoms with Gasteiger partial charge in [-0.2, -0.15) is 0 Å². The lowest BCUT2D eigenvalue weighted by Crippen LogP contribution is -2.64. The van der Waals surface area contributed by atoms with Crippen LogP contribution in [-0.2, 0) is 52.7 Å². The zero-order valence-electron chi connectivity index (χ0n) is 57.5. The molecule has 498 valence electrons. The van der Waals surface area contributed by atoms with E-state index in [1.807, 2.05) is 67.5 Å². The molecule has 0 aromatic rings. The van der Waals surface area contributed by atoms with Crippen LogP contribution in [-0.4, -0.2) is 227 Å². The van der Waals surface area contributed by atoms with E-state index in [-0.39, 0.29) is 62.3 Å². The minimum atomic E-state index is -1.60. The van der Waals surface area contributed by atoms with Gasteiger partial charge in [0.2, 0.25) is 59.1 Å². The molecule has 0 aromatic heterocycles. The molecule has 0 spiro atoms. The fraction of sp³-hybridized carbons (Fsp3) is 0.794. The third-order valence-electron chi connectivity index (χ3n) is 16.7. The Morgan fingerprint density at radius 3 is 1.43 bits per heavy atom. The summed E-state index contributed by atoms with van der Waals surface area (Å²) in [6, 6.07) is -14.0. The summed E-state index contributed by atoms with van der Waals surface area (Å²) in [5.41, 5.74) is -1.02. The highest BCUT2D eigenvalue weighted by Crippen LogP contribution is 2.28. The molecule has 0 aromatic carbocycles. The van der Waals surface area contributed by atoms with Crippen molar-refractivity contribution < 1.29 is 57.9 Å². The van der Waals surface area contributed by atoms with Crippen molar-refractivity contribution in [3.05, 3.63) is 12.2 Å². The van der Waals surface area contributed by atoms with Crippen molar-refractivity contribution in [1.82, 2.24) is 61.0 Å². The minimum Gasteiger partial charge on any atom is -0.343 e.